The summed E-state index contributed by atoms with van der Waals surface area (Å²) in [5.74, 6) is 1.76. The average molecular weight is 513 g/mol. The van der Waals surface area contributed by atoms with E-state index in [0.29, 0.717) is 24.5 Å². The standard InChI is InChI=1S/C32H32O6/c1-3-32(19-35-20-32)21-37-28-10-7-25-15-29(11-8-24(25)14-28)38-30(33)26-5-4-23-13-27(9-6-22(23)12-26)36-18-31(2)16-34-17-31/h4-15H,3,16-21H2,1-2H3. The Hall–Kier alpha value is -3.61. The highest BCUT2D eigenvalue weighted by molar-refractivity contribution is 5.97. The number of esters is 1. The molecule has 6 rings (SSSR count). The van der Waals surface area contributed by atoms with Crippen LogP contribution in [-0.4, -0.2) is 45.6 Å². The minimum Gasteiger partial charge on any atom is -0.493 e. The number of carbonyl (C=O) groups excluding carboxylic acids is 1. The minimum atomic E-state index is -0.392. The van der Waals surface area contributed by atoms with Crippen molar-refractivity contribution in [2.45, 2.75) is 20.3 Å². The fraction of sp³-hybridized carbons (Fsp3) is 0.344. The summed E-state index contributed by atoms with van der Waals surface area (Å²) in [4.78, 5) is 12.9. The van der Waals surface area contributed by atoms with Gasteiger partial charge in [0.25, 0.3) is 0 Å². The third-order valence-electron chi connectivity index (χ3n) is 7.64. The molecule has 0 N–H and O–H groups in total. The Balaban J connectivity index is 1.11. The normalized spacial score (nSPS) is 17.4. The quantitative estimate of drug-likeness (QED) is 0.190. The SMILES string of the molecule is CCC1(COc2ccc3cc(OC(=O)c4ccc5cc(OCC6(C)COC6)ccc5c4)ccc3c2)COC1. The molecular weight excluding hydrogens is 480 g/mol. The maximum atomic E-state index is 12.9. The summed E-state index contributed by atoms with van der Waals surface area (Å²) < 4.78 is 28.4. The lowest BCUT2D eigenvalue weighted by Crippen LogP contribution is -2.46. The summed E-state index contributed by atoms with van der Waals surface area (Å²) in [5.41, 5.74) is 0.722. The molecule has 0 unspecified atom stereocenters. The van der Waals surface area contributed by atoms with Gasteiger partial charge in [0, 0.05) is 5.41 Å². The molecule has 2 saturated heterocycles. The second kappa shape index (κ2) is 9.93. The monoisotopic (exact) mass is 512 g/mol. The smallest absolute Gasteiger partial charge is 0.343 e. The summed E-state index contributed by atoms with van der Waals surface area (Å²) in [5, 5.41) is 3.97. The Morgan fingerprint density at radius 1 is 0.711 bits per heavy atom. The van der Waals surface area contributed by atoms with Crippen LogP contribution in [0.3, 0.4) is 0 Å². The number of hydrogen-bond acceptors (Lipinski definition) is 6. The van der Waals surface area contributed by atoms with Crippen LogP contribution in [0.5, 0.6) is 17.2 Å². The topological polar surface area (TPSA) is 63.2 Å². The molecule has 0 aliphatic carbocycles. The van der Waals surface area contributed by atoms with Gasteiger partial charge in [-0.05, 0) is 76.5 Å². The molecular formula is C32H32O6. The van der Waals surface area contributed by atoms with Crippen LogP contribution in [0.15, 0.2) is 72.8 Å². The van der Waals surface area contributed by atoms with E-state index in [1.165, 1.54) is 0 Å². The number of hydrogen-bond donors (Lipinski definition) is 0. The molecule has 6 nitrogen and oxygen atoms in total. The second-order valence-corrected chi connectivity index (χ2v) is 11.0. The molecule has 0 saturated carbocycles. The maximum Gasteiger partial charge on any atom is 0.343 e. The minimum absolute atomic E-state index is 0.0881. The van der Waals surface area contributed by atoms with Crippen LogP contribution in [0.2, 0.25) is 0 Å². The van der Waals surface area contributed by atoms with Crippen molar-refractivity contribution in [3.05, 3.63) is 78.4 Å². The lowest BCUT2D eigenvalue weighted by Gasteiger charge is -2.40. The first-order valence-electron chi connectivity index (χ1n) is 13.1. The van der Waals surface area contributed by atoms with Crippen LogP contribution < -0.4 is 14.2 Å². The van der Waals surface area contributed by atoms with Gasteiger partial charge in [0.05, 0.1) is 50.6 Å². The summed E-state index contributed by atoms with van der Waals surface area (Å²) in [6.07, 6.45) is 1.04. The van der Waals surface area contributed by atoms with E-state index in [0.717, 1.165) is 65.9 Å². The van der Waals surface area contributed by atoms with Gasteiger partial charge < -0.3 is 23.7 Å². The van der Waals surface area contributed by atoms with Crippen molar-refractivity contribution in [2.75, 3.05) is 39.6 Å². The van der Waals surface area contributed by atoms with E-state index >= 15 is 0 Å². The van der Waals surface area contributed by atoms with Gasteiger partial charge in [0.15, 0.2) is 0 Å². The lowest BCUT2D eigenvalue weighted by molar-refractivity contribution is -0.133. The van der Waals surface area contributed by atoms with Gasteiger partial charge in [0.1, 0.15) is 17.2 Å². The van der Waals surface area contributed by atoms with Crippen molar-refractivity contribution in [2.24, 2.45) is 10.8 Å². The van der Waals surface area contributed by atoms with Crippen LogP contribution in [-0.2, 0) is 9.47 Å². The van der Waals surface area contributed by atoms with Gasteiger partial charge >= 0.3 is 5.97 Å². The molecule has 6 heteroatoms. The largest absolute Gasteiger partial charge is 0.493 e. The number of rotatable bonds is 9. The third kappa shape index (κ3) is 5.06. The Bertz CT molecular complexity index is 1480. The van der Waals surface area contributed by atoms with Gasteiger partial charge in [-0.25, -0.2) is 4.79 Å². The highest BCUT2D eigenvalue weighted by Crippen LogP contribution is 2.33. The van der Waals surface area contributed by atoms with Crippen LogP contribution in [0.25, 0.3) is 21.5 Å². The van der Waals surface area contributed by atoms with Crippen LogP contribution >= 0.6 is 0 Å². The van der Waals surface area contributed by atoms with E-state index in [4.69, 9.17) is 23.7 Å². The maximum absolute atomic E-state index is 12.9. The summed E-state index contributed by atoms with van der Waals surface area (Å²) in [6, 6.07) is 23.1. The van der Waals surface area contributed by atoms with E-state index in [1.54, 1.807) is 6.07 Å². The van der Waals surface area contributed by atoms with Crippen molar-refractivity contribution >= 4 is 27.5 Å². The molecule has 38 heavy (non-hydrogen) atoms. The van der Waals surface area contributed by atoms with Gasteiger partial charge in [-0.1, -0.05) is 38.1 Å². The van der Waals surface area contributed by atoms with Gasteiger partial charge in [0.2, 0.25) is 0 Å². The summed E-state index contributed by atoms with van der Waals surface area (Å²) >= 11 is 0. The molecule has 0 atom stereocenters. The van der Waals surface area contributed by atoms with E-state index in [1.807, 2.05) is 66.7 Å². The Labute approximate surface area is 222 Å². The van der Waals surface area contributed by atoms with Gasteiger partial charge in [-0.2, -0.15) is 0 Å². The first kappa shape index (κ1) is 24.7. The molecule has 0 amide bonds. The molecule has 2 fully saturated rings. The van der Waals surface area contributed by atoms with E-state index in [9.17, 15) is 4.79 Å². The fourth-order valence-electron chi connectivity index (χ4n) is 4.77. The zero-order valence-corrected chi connectivity index (χ0v) is 21.8. The second-order valence-electron chi connectivity index (χ2n) is 11.0. The van der Waals surface area contributed by atoms with Crippen molar-refractivity contribution in [1.82, 2.24) is 0 Å². The molecule has 2 aliphatic rings. The Kier molecular flexibility index (Phi) is 6.46. The molecule has 0 spiro atoms. The van der Waals surface area contributed by atoms with Crippen LogP contribution in [0.4, 0.5) is 0 Å². The number of benzene rings is 4. The van der Waals surface area contributed by atoms with Crippen molar-refractivity contribution in [3.8, 4) is 17.2 Å². The molecule has 196 valence electrons. The summed E-state index contributed by atoms with van der Waals surface area (Å²) in [6.45, 7) is 8.58. The number of carbonyl (C=O) groups is 1. The number of ether oxygens (including phenoxy) is 5. The molecule has 0 aromatic heterocycles. The summed E-state index contributed by atoms with van der Waals surface area (Å²) in [7, 11) is 0. The van der Waals surface area contributed by atoms with E-state index in [2.05, 4.69) is 13.8 Å². The molecule has 0 bridgehead atoms. The first-order chi connectivity index (χ1) is 18.4. The average Bonchev–Trinajstić information content (AvgIpc) is 2.90. The molecule has 4 aromatic carbocycles. The van der Waals surface area contributed by atoms with Gasteiger partial charge in [-0.3, -0.25) is 0 Å². The molecule has 2 heterocycles. The van der Waals surface area contributed by atoms with E-state index < -0.39 is 5.97 Å². The molecule has 0 radical (unpaired) electrons. The zero-order chi connectivity index (χ0) is 26.2. The van der Waals surface area contributed by atoms with Crippen molar-refractivity contribution in [3.63, 3.8) is 0 Å². The number of fused-ring (bicyclic) bond motifs is 2. The first-order valence-corrected chi connectivity index (χ1v) is 13.1. The van der Waals surface area contributed by atoms with Crippen LogP contribution in [0, 0.1) is 10.8 Å². The predicted molar refractivity (Wildman–Crippen MR) is 146 cm³/mol. The lowest BCUT2D eigenvalue weighted by atomic mass is 9.84. The van der Waals surface area contributed by atoms with Crippen LogP contribution in [0.1, 0.15) is 30.6 Å². The predicted octanol–water partition coefficient (Wildman–Crippen LogP) is 6.43. The highest BCUT2D eigenvalue weighted by atomic mass is 16.5. The Morgan fingerprint density at radius 3 is 1.79 bits per heavy atom. The zero-order valence-electron chi connectivity index (χ0n) is 21.8. The molecule has 2 aliphatic heterocycles. The molecule has 4 aromatic rings. The van der Waals surface area contributed by atoms with E-state index in [-0.39, 0.29) is 10.8 Å². The Morgan fingerprint density at radius 2 is 1.24 bits per heavy atom. The highest BCUT2D eigenvalue weighted by Gasteiger charge is 2.37. The van der Waals surface area contributed by atoms with Crippen molar-refractivity contribution in [1.29, 1.82) is 0 Å². The third-order valence-corrected chi connectivity index (χ3v) is 7.64. The van der Waals surface area contributed by atoms with Crippen molar-refractivity contribution < 1.29 is 28.5 Å². The fourth-order valence-corrected chi connectivity index (χ4v) is 4.77. The van der Waals surface area contributed by atoms with Gasteiger partial charge in [-0.15, -0.1) is 0 Å².